The van der Waals surface area contributed by atoms with Gasteiger partial charge in [-0.15, -0.1) is 24.0 Å². The number of nitrogens with one attached hydrogen (secondary N) is 2. The molecule has 1 heterocycles. The average Bonchev–Trinajstić information content (AvgIpc) is 3.19. The molecule has 1 amide bonds. The molecule has 168 valence electrons. The summed E-state index contributed by atoms with van der Waals surface area (Å²) in [7, 11) is 1.78. The van der Waals surface area contributed by atoms with Gasteiger partial charge in [-0.25, -0.2) is 0 Å². The van der Waals surface area contributed by atoms with Gasteiger partial charge in [-0.3, -0.25) is 9.79 Å². The Kier molecular flexibility index (Phi) is 10.2. The lowest BCUT2D eigenvalue weighted by Crippen LogP contribution is -2.47. The van der Waals surface area contributed by atoms with E-state index >= 15 is 0 Å². The third-order valence-electron chi connectivity index (χ3n) is 5.90. The van der Waals surface area contributed by atoms with Gasteiger partial charge in [0.25, 0.3) is 0 Å². The topological polar surface area (TPSA) is 66.0 Å². The van der Waals surface area contributed by atoms with E-state index in [2.05, 4.69) is 28.6 Å². The zero-order valence-electron chi connectivity index (χ0n) is 18.5. The Balaban J connectivity index is 0.00000320. The highest BCUT2D eigenvalue weighted by Gasteiger charge is 2.31. The number of amides is 1. The van der Waals surface area contributed by atoms with E-state index < -0.39 is 0 Å². The Morgan fingerprint density at radius 1 is 1.27 bits per heavy atom. The van der Waals surface area contributed by atoms with Gasteiger partial charge in [0.2, 0.25) is 5.91 Å². The summed E-state index contributed by atoms with van der Waals surface area (Å²) in [6.07, 6.45) is 6.79. The summed E-state index contributed by atoms with van der Waals surface area (Å²) in [6, 6.07) is 8.34. The fourth-order valence-corrected chi connectivity index (χ4v) is 4.28. The summed E-state index contributed by atoms with van der Waals surface area (Å²) >= 11 is 0. The van der Waals surface area contributed by atoms with Crippen LogP contribution in [0.15, 0.2) is 29.3 Å². The minimum Gasteiger partial charge on any atom is -0.489 e. The predicted octanol–water partition coefficient (Wildman–Crippen LogP) is 3.73. The zero-order valence-corrected chi connectivity index (χ0v) is 20.9. The number of carbonyl (C=O) groups is 1. The Labute approximate surface area is 198 Å². The van der Waals surface area contributed by atoms with Gasteiger partial charge in [0, 0.05) is 32.1 Å². The van der Waals surface area contributed by atoms with Gasteiger partial charge in [-0.2, -0.15) is 0 Å². The van der Waals surface area contributed by atoms with Crippen LogP contribution >= 0.6 is 24.0 Å². The molecular weight excluding hydrogens is 491 g/mol. The minimum atomic E-state index is 0. The maximum Gasteiger partial charge on any atom is 0.225 e. The third-order valence-corrected chi connectivity index (χ3v) is 5.90. The fourth-order valence-electron chi connectivity index (χ4n) is 4.28. The molecule has 2 aliphatic rings. The van der Waals surface area contributed by atoms with Gasteiger partial charge in [-0.05, 0) is 50.8 Å². The molecule has 1 aliphatic heterocycles. The summed E-state index contributed by atoms with van der Waals surface area (Å²) < 4.78 is 5.98. The van der Waals surface area contributed by atoms with Crippen LogP contribution in [0.1, 0.15) is 51.0 Å². The van der Waals surface area contributed by atoms with Crippen molar-refractivity contribution < 1.29 is 9.53 Å². The van der Waals surface area contributed by atoms with Gasteiger partial charge < -0.3 is 20.3 Å². The van der Waals surface area contributed by atoms with Gasteiger partial charge in [0.05, 0.1) is 6.54 Å². The number of halogens is 1. The highest BCUT2D eigenvalue weighted by molar-refractivity contribution is 14.0. The van der Waals surface area contributed by atoms with Crippen molar-refractivity contribution in [3.05, 3.63) is 29.8 Å². The number of benzene rings is 1. The molecule has 3 rings (SSSR count). The number of hydrogen-bond acceptors (Lipinski definition) is 3. The van der Waals surface area contributed by atoms with Crippen molar-refractivity contribution in [2.24, 2.45) is 10.9 Å². The minimum absolute atomic E-state index is 0. The number of guanidine groups is 1. The molecule has 0 radical (unpaired) electrons. The number of aryl methyl sites for hydroxylation is 1. The van der Waals surface area contributed by atoms with E-state index in [1.165, 1.54) is 24.8 Å². The normalized spacial score (nSPS) is 21.0. The Hall–Kier alpha value is -1.51. The van der Waals surface area contributed by atoms with Crippen molar-refractivity contribution in [2.45, 2.75) is 64.5 Å². The van der Waals surface area contributed by atoms with E-state index in [0.29, 0.717) is 12.5 Å². The summed E-state index contributed by atoms with van der Waals surface area (Å²) in [5.41, 5.74) is 1.19. The number of likely N-dealkylation sites (tertiary alicyclic amines) is 1. The Morgan fingerprint density at radius 3 is 2.73 bits per heavy atom. The second-order valence-corrected chi connectivity index (χ2v) is 8.45. The standard InChI is InChI=1S/C23H36N4O2.HI/c1-17-8-7-11-21(14-17)29-18(2)15-25-23(24-3)26-20-12-13-27(16-20)22(28)19-9-5-4-6-10-19;/h7-8,11,14,18-20H,4-6,9-10,12-13,15-16H2,1-3H3,(H2,24,25,26);1H. The molecule has 1 saturated carbocycles. The molecule has 2 atom stereocenters. The van der Waals surface area contributed by atoms with Crippen LogP contribution in [0.25, 0.3) is 0 Å². The molecule has 1 aromatic rings. The van der Waals surface area contributed by atoms with E-state index in [1.807, 2.05) is 30.0 Å². The van der Waals surface area contributed by atoms with E-state index in [4.69, 9.17) is 4.74 Å². The molecule has 2 fully saturated rings. The molecular formula is C23H37IN4O2. The maximum absolute atomic E-state index is 12.7. The third kappa shape index (κ3) is 7.32. The number of aliphatic imine (C=N–C) groups is 1. The molecule has 0 spiro atoms. The molecule has 6 nitrogen and oxygen atoms in total. The molecule has 1 aliphatic carbocycles. The molecule has 1 saturated heterocycles. The van der Waals surface area contributed by atoms with Crippen LogP contribution in [0.3, 0.4) is 0 Å². The predicted molar refractivity (Wildman–Crippen MR) is 133 cm³/mol. The summed E-state index contributed by atoms with van der Waals surface area (Å²) in [5.74, 6) is 2.26. The first kappa shape index (κ1) is 24.8. The summed E-state index contributed by atoms with van der Waals surface area (Å²) in [4.78, 5) is 19.1. The molecule has 1 aromatic carbocycles. The zero-order chi connectivity index (χ0) is 20.6. The van der Waals surface area contributed by atoms with Crippen LogP contribution in [-0.4, -0.2) is 55.6 Å². The highest BCUT2D eigenvalue weighted by Crippen LogP contribution is 2.26. The molecule has 2 N–H and O–H groups in total. The van der Waals surface area contributed by atoms with Gasteiger partial charge in [0.15, 0.2) is 5.96 Å². The van der Waals surface area contributed by atoms with Gasteiger partial charge >= 0.3 is 0 Å². The van der Waals surface area contributed by atoms with E-state index in [9.17, 15) is 4.79 Å². The van der Waals surface area contributed by atoms with E-state index in [1.54, 1.807) is 7.05 Å². The number of carbonyl (C=O) groups excluding carboxylic acids is 1. The lowest BCUT2D eigenvalue weighted by atomic mass is 9.88. The smallest absolute Gasteiger partial charge is 0.225 e. The summed E-state index contributed by atoms with van der Waals surface area (Å²) in [6.45, 7) is 6.38. The fraction of sp³-hybridized carbons (Fsp3) is 0.652. The highest BCUT2D eigenvalue weighted by atomic mass is 127. The van der Waals surface area contributed by atoms with Gasteiger partial charge in [0.1, 0.15) is 11.9 Å². The molecule has 7 heteroatoms. The van der Waals surface area contributed by atoms with E-state index in [0.717, 1.165) is 44.1 Å². The molecule has 2 unspecified atom stereocenters. The van der Waals surface area contributed by atoms with Crippen LogP contribution < -0.4 is 15.4 Å². The van der Waals surface area contributed by atoms with Crippen molar-refractivity contribution >= 4 is 35.8 Å². The number of rotatable bonds is 6. The first-order chi connectivity index (χ1) is 14.0. The van der Waals surface area contributed by atoms with Crippen molar-refractivity contribution in [3.63, 3.8) is 0 Å². The summed E-state index contributed by atoms with van der Waals surface area (Å²) in [5, 5.41) is 6.82. The monoisotopic (exact) mass is 528 g/mol. The molecule has 0 aromatic heterocycles. The van der Waals surface area contributed by atoms with Crippen LogP contribution in [0.5, 0.6) is 5.75 Å². The number of ether oxygens (including phenoxy) is 1. The van der Waals surface area contributed by atoms with Gasteiger partial charge in [-0.1, -0.05) is 31.4 Å². The first-order valence-electron chi connectivity index (χ1n) is 11.0. The number of hydrogen-bond donors (Lipinski definition) is 2. The van der Waals surface area contributed by atoms with Crippen molar-refractivity contribution in [2.75, 3.05) is 26.7 Å². The van der Waals surface area contributed by atoms with Crippen LogP contribution in [0, 0.1) is 12.8 Å². The van der Waals surface area contributed by atoms with Crippen molar-refractivity contribution in [1.82, 2.24) is 15.5 Å². The quantitative estimate of drug-likeness (QED) is 0.336. The van der Waals surface area contributed by atoms with Crippen molar-refractivity contribution in [3.8, 4) is 5.75 Å². The first-order valence-corrected chi connectivity index (χ1v) is 11.0. The SMILES string of the molecule is CN=C(NCC(C)Oc1cccc(C)c1)NC1CCN(C(=O)C2CCCCC2)C1.I. The lowest BCUT2D eigenvalue weighted by molar-refractivity contribution is -0.135. The van der Waals surface area contributed by atoms with E-state index in [-0.39, 0.29) is 42.0 Å². The Morgan fingerprint density at radius 2 is 2.03 bits per heavy atom. The van der Waals surface area contributed by atoms with Crippen molar-refractivity contribution in [1.29, 1.82) is 0 Å². The molecule has 0 bridgehead atoms. The van der Waals surface area contributed by atoms with Crippen LogP contribution in [-0.2, 0) is 4.79 Å². The maximum atomic E-state index is 12.7. The number of nitrogens with zero attached hydrogens (tertiary/aromatic N) is 2. The second-order valence-electron chi connectivity index (χ2n) is 8.45. The van der Waals surface area contributed by atoms with Crippen LogP contribution in [0.4, 0.5) is 0 Å². The average molecular weight is 528 g/mol. The lowest BCUT2D eigenvalue weighted by Gasteiger charge is -2.26. The van der Waals surface area contributed by atoms with Crippen LogP contribution in [0.2, 0.25) is 0 Å². The largest absolute Gasteiger partial charge is 0.489 e. The molecule has 30 heavy (non-hydrogen) atoms. The Bertz CT molecular complexity index is 706. The second kappa shape index (κ2) is 12.4.